The van der Waals surface area contributed by atoms with E-state index in [9.17, 15) is 4.79 Å². The Morgan fingerprint density at radius 1 is 1.55 bits per heavy atom. The summed E-state index contributed by atoms with van der Waals surface area (Å²) in [5, 5.41) is 10.6. The van der Waals surface area contributed by atoms with Crippen molar-refractivity contribution in [1.82, 2.24) is 20.4 Å². The number of ether oxygens (including phenoxy) is 1. The number of H-pyrrole nitrogens is 1. The van der Waals surface area contributed by atoms with Crippen molar-refractivity contribution in [2.45, 2.75) is 52.7 Å². The Bertz CT molecular complexity index is 493. The van der Waals surface area contributed by atoms with E-state index in [-0.39, 0.29) is 6.09 Å². The van der Waals surface area contributed by atoms with Crippen LogP contribution in [0.25, 0.3) is 0 Å². The number of aromatic nitrogens is 2. The zero-order chi connectivity index (χ0) is 16.2. The van der Waals surface area contributed by atoms with Crippen molar-refractivity contribution in [2.75, 3.05) is 19.6 Å². The van der Waals surface area contributed by atoms with Gasteiger partial charge in [-0.25, -0.2) is 4.79 Å². The SMILES string of the molecule is Cc1cc(CNCC2CCCN(C(=O)OC(C)(C)C)C2)n[nH]1. The zero-order valence-corrected chi connectivity index (χ0v) is 14.1. The lowest BCUT2D eigenvalue weighted by Gasteiger charge is -2.34. The van der Waals surface area contributed by atoms with Gasteiger partial charge in [-0.1, -0.05) is 0 Å². The van der Waals surface area contributed by atoms with Gasteiger partial charge in [0.15, 0.2) is 0 Å². The molecule has 0 aromatic carbocycles. The molecule has 22 heavy (non-hydrogen) atoms. The van der Waals surface area contributed by atoms with E-state index in [1.54, 1.807) is 0 Å². The Morgan fingerprint density at radius 2 is 2.32 bits per heavy atom. The van der Waals surface area contributed by atoms with Crippen molar-refractivity contribution >= 4 is 6.09 Å². The molecule has 124 valence electrons. The van der Waals surface area contributed by atoms with Crippen molar-refractivity contribution in [3.8, 4) is 0 Å². The summed E-state index contributed by atoms with van der Waals surface area (Å²) in [4.78, 5) is 14.0. The third-order valence-corrected chi connectivity index (χ3v) is 3.67. The second-order valence-corrected chi connectivity index (χ2v) is 7.11. The van der Waals surface area contributed by atoms with Gasteiger partial charge in [-0.3, -0.25) is 5.10 Å². The molecule has 1 amide bonds. The number of hydrogen-bond acceptors (Lipinski definition) is 4. The van der Waals surface area contributed by atoms with Gasteiger partial charge in [0.05, 0.1) is 5.69 Å². The smallest absolute Gasteiger partial charge is 0.410 e. The standard InChI is InChI=1S/C16H28N4O2/c1-12-8-14(19-18-12)10-17-9-13-6-5-7-20(11-13)15(21)22-16(2,3)4/h8,13,17H,5-7,9-11H2,1-4H3,(H,18,19). The van der Waals surface area contributed by atoms with Crippen molar-refractivity contribution in [2.24, 2.45) is 5.92 Å². The van der Waals surface area contributed by atoms with E-state index in [0.717, 1.165) is 50.4 Å². The van der Waals surface area contributed by atoms with Crippen molar-refractivity contribution in [3.05, 3.63) is 17.5 Å². The van der Waals surface area contributed by atoms with Gasteiger partial charge in [-0.15, -0.1) is 0 Å². The number of nitrogens with one attached hydrogen (secondary N) is 2. The highest BCUT2D eigenvalue weighted by Crippen LogP contribution is 2.19. The highest BCUT2D eigenvalue weighted by molar-refractivity contribution is 5.68. The van der Waals surface area contributed by atoms with Gasteiger partial charge in [0.2, 0.25) is 0 Å². The predicted octanol–water partition coefficient (Wildman–Crippen LogP) is 2.45. The first kappa shape index (κ1) is 16.8. The number of aromatic amines is 1. The van der Waals surface area contributed by atoms with E-state index in [4.69, 9.17) is 4.74 Å². The zero-order valence-electron chi connectivity index (χ0n) is 14.1. The Balaban J connectivity index is 1.74. The summed E-state index contributed by atoms with van der Waals surface area (Å²) in [7, 11) is 0. The number of nitrogens with zero attached hydrogens (tertiary/aromatic N) is 2. The molecule has 6 nitrogen and oxygen atoms in total. The van der Waals surface area contributed by atoms with Gasteiger partial charge in [0.1, 0.15) is 5.60 Å². The monoisotopic (exact) mass is 308 g/mol. The third kappa shape index (κ3) is 5.33. The maximum Gasteiger partial charge on any atom is 0.410 e. The predicted molar refractivity (Wildman–Crippen MR) is 85.6 cm³/mol. The van der Waals surface area contributed by atoms with E-state index >= 15 is 0 Å². The highest BCUT2D eigenvalue weighted by Gasteiger charge is 2.27. The van der Waals surface area contributed by atoms with Gasteiger partial charge in [-0.2, -0.15) is 5.10 Å². The molecular formula is C16H28N4O2. The van der Waals surface area contributed by atoms with E-state index in [1.165, 1.54) is 0 Å². The summed E-state index contributed by atoms with van der Waals surface area (Å²) in [6.07, 6.45) is 1.99. The molecule has 1 aliphatic rings. The number of aryl methyl sites for hydroxylation is 1. The molecule has 2 heterocycles. The second kappa shape index (κ2) is 7.13. The molecule has 0 aliphatic carbocycles. The van der Waals surface area contributed by atoms with Crippen LogP contribution in [0.4, 0.5) is 4.79 Å². The first-order valence-corrected chi connectivity index (χ1v) is 8.03. The number of carbonyl (C=O) groups excluding carboxylic acids is 1. The van der Waals surface area contributed by atoms with Gasteiger partial charge in [0, 0.05) is 31.9 Å². The van der Waals surface area contributed by atoms with E-state index in [1.807, 2.05) is 38.7 Å². The molecule has 1 atom stereocenters. The van der Waals surface area contributed by atoms with E-state index in [0.29, 0.717) is 5.92 Å². The number of carbonyl (C=O) groups is 1. The van der Waals surface area contributed by atoms with Crippen LogP contribution >= 0.6 is 0 Å². The molecule has 2 rings (SSSR count). The fraction of sp³-hybridized carbons (Fsp3) is 0.750. The van der Waals surface area contributed by atoms with Crippen LogP contribution in [-0.4, -0.2) is 46.4 Å². The second-order valence-electron chi connectivity index (χ2n) is 7.11. The van der Waals surface area contributed by atoms with Crippen molar-refractivity contribution in [3.63, 3.8) is 0 Å². The van der Waals surface area contributed by atoms with Crippen LogP contribution in [0.2, 0.25) is 0 Å². The largest absolute Gasteiger partial charge is 0.444 e. The van der Waals surface area contributed by atoms with Crippen LogP contribution in [0.5, 0.6) is 0 Å². The fourth-order valence-electron chi connectivity index (χ4n) is 2.69. The average Bonchev–Trinajstić information content (AvgIpc) is 2.83. The van der Waals surface area contributed by atoms with E-state index in [2.05, 4.69) is 15.5 Å². The van der Waals surface area contributed by atoms with Crippen LogP contribution in [0.15, 0.2) is 6.07 Å². The van der Waals surface area contributed by atoms with Crippen LogP contribution in [-0.2, 0) is 11.3 Å². The molecule has 1 unspecified atom stereocenters. The molecule has 0 bridgehead atoms. The Hall–Kier alpha value is -1.56. The molecule has 1 fully saturated rings. The van der Waals surface area contributed by atoms with Gasteiger partial charge in [0.25, 0.3) is 0 Å². The normalized spacial score (nSPS) is 19.3. The molecule has 2 N–H and O–H groups in total. The summed E-state index contributed by atoms with van der Waals surface area (Å²) in [5.74, 6) is 0.473. The summed E-state index contributed by atoms with van der Waals surface area (Å²) in [6.45, 7) is 10.9. The van der Waals surface area contributed by atoms with Crippen molar-refractivity contribution < 1.29 is 9.53 Å². The third-order valence-electron chi connectivity index (χ3n) is 3.67. The maximum atomic E-state index is 12.1. The number of amides is 1. The number of hydrogen-bond donors (Lipinski definition) is 2. The van der Waals surface area contributed by atoms with Crippen LogP contribution < -0.4 is 5.32 Å². The molecule has 0 spiro atoms. The van der Waals surface area contributed by atoms with E-state index < -0.39 is 5.60 Å². The molecule has 6 heteroatoms. The summed E-state index contributed by atoms with van der Waals surface area (Å²) in [6, 6.07) is 2.04. The molecule has 0 saturated carbocycles. The molecule has 1 aromatic heterocycles. The Morgan fingerprint density at radius 3 is 2.95 bits per heavy atom. The summed E-state index contributed by atoms with van der Waals surface area (Å²) in [5.41, 5.74) is 1.67. The minimum Gasteiger partial charge on any atom is -0.444 e. The van der Waals surface area contributed by atoms with Gasteiger partial charge in [-0.05, 0) is 52.5 Å². The molecular weight excluding hydrogens is 280 g/mol. The molecule has 0 radical (unpaired) electrons. The average molecular weight is 308 g/mol. The first-order valence-electron chi connectivity index (χ1n) is 8.03. The van der Waals surface area contributed by atoms with Gasteiger partial charge < -0.3 is 15.0 Å². The molecule has 1 aromatic rings. The lowest BCUT2D eigenvalue weighted by atomic mass is 9.98. The minimum absolute atomic E-state index is 0.194. The lowest BCUT2D eigenvalue weighted by Crippen LogP contribution is -2.45. The first-order chi connectivity index (χ1) is 10.3. The molecule has 1 saturated heterocycles. The summed E-state index contributed by atoms with van der Waals surface area (Å²) < 4.78 is 5.45. The lowest BCUT2D eigenvalue weighted by molar-refractivity contribution is 0.0166. The fourth-order valence-corrected chi connectivity index (χ4v) is 2.69. The number of likely N-dealkylation sites (tertiary alicyclic amines) is 1. The van der Waals surface area contributed by atoms with Crippen LogP contribution in [0, 0.1) is 12.8 Å². The van der Waals surface area contributed by atoms with Crippen LogP contribution in [0.1, 0.15) is 45.0 Å². The van der Waals surface area contributed by atoms with Crippen molar-refractivity contribution in [1.29, 1.82) is 0 Å². The van der Waals surface area contributed by atoms with Gasteiger partial charge >= 0.3 is 6.09 Å². The minimum atomic E-state index is -0.430. The molecule has 1 aliphatic heterocycles. The maximum absolute atomic E-state index is 12.1. The Labute approximate surface area is 132 Å². The summed E-state index contributed by atoms with van der Waals surface area (Å²) >= 11 is 0. The highest BCUT2D eigenvalue weighted by atomic mass is 16.6. The van der Waals surface area contributed by atoms with Crippen LogP contribution in [0.3, 0.4) is 0 Å². The Kier molecular flexibility index (Phi) is 5.45. The quantitative estimate of drug-likeness (QED) is 0.896. The number of piperidine rings is 1. The topological polar surface area (TPSA) is 70.2 Å². The number of rotatable bonds is 4.